The normalized spacial score (nSPS) is 12.2. The summed E-state index contributed by atoms with van der Waals surface area (Å²) in [6.45, 7) is 0. The lowest BCUT2D eigenvalue weighted by Crippen LogP contribution is -2.16. The molecular weight excluding hydrogens is 338 g/mol. The molecule has 1 atom stereocenters. The second kappa shape index (κ2) is 6.65. The zero-order valence-electron chi connectivity index (χ0n) is 10.6. The van der Waals surface area contributed by atoms with Crippen LogP contribution in [0.15, 0.2) is 36.4 Å². The third kappa shape index (κ3) is 3.67. The fourth-order valence-electron chi connectivity index (χ4n) is 2.04. The largest absolute Gasteiger partial charge is 0.481 e. The van der Waals surface area contributed by atoms with Crippen LogP contribution in [0.1, 0.15) is 17.0 Å². The van der Waals surface area contributed by atoms with Crippen LogP contribution in [0.5, 0.6) is 0 Å². The zero-order valence-corrected chi connectivity index (χ0v) is 12.9. The number of hydrogen-bond acceptors (Lipinski definition) is 1. The first kappa shape index (κ1) is 16.1. The van der Waals surface area contributed by atoms with Gasteiger partial charge in [0.05, 0.1) is 5.92 Å². The highest BCUT2D eigenvalue weighted by molar-refractivity contribution is 6.34. The molecule has 0 aromatic heterocycles. The van der Waals surface area contributed by atoms with E-state index < -0.39 is 17.7 Å². The van der Waals surface area contributed by atoms with E-state index in [1.165, 1.54) is 30.3 Å². The summed E-state index contributed by atoms with van der Waals surface area (Å²) in [5.41, 5.74) is 0.471. The number of halogens is 4. The van der Waals surface area contributed by atoms with E-state index in [-0.39, 0.29) is 22.0 Å². The Morgan fingerprint density at radius 3 is 2.48 bits per heavy atom. The molecule has 2 aromatic carbocycles. The van der Waals surface area contributed by atoms with Crippen LogP contribution in [-0.2, 0) is 11.2 Å². The molecule has 6 heteroatoms. The van der Waals surface area contributed by atoms with Crippen molar-refractivity contribution in [3.63, 3.8) is 0 Å². The van der Waals surface area contributed by atoms with Gasteiger partial charge < -0.3 is 5.11 Å². The minimum Gasteiger partial charge on any atom is -0.481 e. The van der Waals surface area contributed by atoms with Crippen LogP contribution in [0.4, 0.5) is 4.39 Å². The molecular formula is C15H10Cl3FO2. The third-order valence-corrected chi connectivity index (χ3v) is 4.03. The average Bonchev–Trinajstić information content (AvgIpc) is 2.41. The van der Waals surface area contributed by atoms with Gasteiger partial charge in [0.1, 0.15) is 5.82 Å². The smallest absolute Gasteiger partial charge is 0.311 e. The minimum absolute atomic E-state index is 0.110. The van der Waals surface area contributed by atoms with Gasteiger partial charge in [0.2, 0.25) is 0 Å². The zero-order chi connectivity index (χ0) is 15.6. The van der Waals surface area contributed by atoms with E-state index in [1.54, 1.807) is 6.07 Å². The quantitative estimate of drug-likeness (QED) is 0.825. The lowest BCUT2D eigenvalue weighted by molar-refractivity contribution is -0.138. The number of carboxylic acid groups (broad SMARTS) is 1. The first-order valence-corrected chi connectivity index (χ1v) is 7.14. The van der Waals surface area contributed by atoms with Crippen LogP contribution >= 0.6 is 34.8 Å². The summed E-state index contributed by atoms with van der Waals surface area (Å²) < 4.78 is 13.8. The van der Waals surface area contributed by atoms with Crippen molar-refractivity contribution in [2.45, 2.75) is 12.3 Å². The molecule has 0 aliphatic carbocycles. The van der Waals surface area contributed by atoms with Crippen molar-refractivity contribution in [3.8, 4) is 0 Å². The number of rotatable bonds is 4. The highest BCUT2D eigenvalue weighted by Crippen LogP contribution is 2.32. The van der Waals surface area contributed by atoms with Gasteiger partial charge in [-0.25, -0.2) is 4.39 Å². The standard InChI is InChI=1S/C15H10Cl3FO2/c16-8-4-5-13(18)9(6-8)10(15(20)21)7-11-12(17)2-1-3-14(11)19/h1-6,10H,7H2,(H,20,21). The van der Waals surface area contributed by atoms with Crippen molar-refractivity contribution in [1.29, 1.82) is 0 Å². The summed E-state index contributed by atoms with van der Waals surface area (Å²) in [6.07, 6.45) is -0.110. The van der Waals surface area contributed by atoms with Gasteiger partial charge in [-0.05, 0) is 42.3 Å². The fourth-order valence-corrected chi connectivity index (χ4v) is 2.71. The molecule has 2 aromatic rings. The molecule has 0 radical (unpaired) electrons. The molecule has 2 rings (SSSR count). The maximum atomic E-state index is 13.8. The molecule has 0 saturated heterocycles. The topological polar surface area (TPSA) is 37.3 Å². The van der Waals surface area contributed by atoms with E-state index in [0.717, 1.165) is 0 Å². The van der Waals surface area contributed by atoms with Crippen molar-refractivity contribution in [2.24, 2.45) is 0 Å². The van der Waals surface area contributed by atoms with Crippen molar-refractivity contribution < 1.29 is 14.3 Å². The molecule has 0 fully saturated rings. The SMILES string of the molecule is O=C(O)C(Cc1c(F)cccc1Cl)c1cc(Cl)ccc1Cl. The number of aliphatic carboxylic acids is 1. The van der Waals surface area contributed by atoms with Crippen molar-refractivity contribution in [1.82, 2.24) is 0 Å². The van der Waals surface area contributed by atoms with Gasteiger partial charge in [0.15, 0.2) is 0 Å². The molecule has 0 heterocycles. The third-order valence-electron chi connectivity index (χ3n) is 3.10. The molecule has 1 unspecified atom stereocenters. The Morgan fingerprint density at radius 1 is 1.14 bits per heavy atom. The molecule has 0 aliphatic rings. The molecule has 1 N–H and O–H groups in total. The Hall–Kier alpha value is -1.29. The summed E-state index contributed by atoms with van der Waals surface area (Å²) >= 11 is 17.9. The Kier molecular flexibility index (Phi) is 5.09. The highest BCUT2D eigenvalue weighted by atomic mass is 35.5. The lowest BCUT2D eigenvalue weighted by atomic mass is 9.91. The van der Waals surface area contributed by atoms with Crippen LogP contribution in [0.2, 0.25) is 15.1 Å². The number of carboxylic acids is 1. The molecule has 21 heavy (non-hydrogen) atoms. The Morgan fingerprint density at radius 2 is 1.86 bits per heavy atom. The number of carbonyl (C=O) groups is 1. The van der Waals surface area contributed by atoms with Crippen LogP contribution in [-0.4, -0.2) is 11.1 Å². The monoisotopic (exact) mass is 346 g/mol. The predicted molar refractivity (Wildman–Crippen MR) is 82.0 cm³/mol. The molecule has 0 spiro atoms. The van der Waals surface area contributed by atoms with E-state index >= 15 is 0 Å². The summed E-state index contributed by atoms with van der Waals surface area (Å²) in [4.78, 5) is 11.5. The van der Waals surface area contributed by atoms with Crippen molar-refractivity contribution in [2.75, 3.05) is 0 Å². The lowest BCUT2D eigenvalue weighted by Gasteiger charge is -2.16. The van der Waals surface area contributed by atoms with Gasteiger partial charge >= 0.3 is 5.97 Å². The highest BCUT2D eigenvalue weighted by Gasteiger charge is 2.25. The van der Waals surface area contributed by atoms with Gasteiger partial charge in [0, 0.05) is 20.6 Å². The summed E-state index contributed by atoms with van der Waals surface area (Å²) in [5, 5.41) is 10.2. The Balaban J connectivity index is 2.46. The number of benzene rings is 2. The molecule has 2 nitrogen and oxygen atoms in total. The molecule has 0 amide bonds. The van der Waals surface area contributed by atoms with E-state index in [4.69, 9.17) is 34.8 Å². The second-order valence-corrected chi connectivity index (χ2v) is 5.71. The van der Waals surface area contributed by atoms with E-state index in [0.29, 0.717) is 10.6 Å². The fraction of sp³-hybridized carbons (Fsp3) is 0.133. The van der Waals surface area contributed by atoms with Crippen LogP contribution in [0.25, 0.3) is 0 Å². The van der Waals surface area contributed by atoms with Crippen molar-refractivity contribution in [3.05, 3.63) is 68.4 Å². The van der Waals surface area contributed by atoms with Crippen LogP contribution in [0.3, 0.4) is 0 Å². The second-order valence-electron chi connectivity index (χ2n) is 4.46. The van der Waals surface area contributed by atoms with Crippen molar-refractivity contribution >= 4 is 40.8 Å². The maximum Gasteiger partial charge on any atom is 0.311 e. The van der Waals surface area contributed by atoms with Crippen LogP contribution < -0.4 is 0 Å². The molecule has 0 saturated carbocycles. The van der Waals surface area contributed by atoms with Crippen LogP contribution in [0, 0.1) is 5.82 Å². The first-order chi connectivity index (χ1) is 9.90. The first-order valence-electron chi connectivity index (χ1n) is 6.00. The van der Waals surface area contributed by atoms with Gasteiger partial charge in [-0.2, -0.15) is 0 Å². The molecule has 0 aliphatic heterocycles. The van der Waals surface area contributed by atoms with Gasteiger partial charge in [0.25, 0.3) is 0 Å². The molecule has 0 bridgehead atoms. The van der Waals surface area contributed by atoms with Gasteiger partial charge in [-0.3, -0.25) is 4.79 Å². The van der Waals surface area contributed by atoms with Gasteiger partial charge in [-0.1, -0.05) is 40.9 Å². The van der Waals surface area contributed by atoms with Gasteiger partial charge in [-0.15, -0.1) is 0 Å². The predicted octanol–water partition coefficient (Wildman–Crippen LogP) is 5.20. The number of hydrogen-bond donors (Lipinski definition) is 1. The maximum absolute atomic E-state index is 13.8. The van der Waals surface area contributed by atoms with E-state index in [2.05, 4.69) is 0 Å². The minimum atomic E-state index is -1.13. The molecule has 110 valence electrons. The van der Waals surface area contributed by atoms with E-state index in [1.807, 2.05) is 0 Å². The summed E-state index contributed by atoms with van der Waals surface area (Å²) in [7, 11) is 0. The van der Waals surface area contributed by atoms with E-state index in [9.17, 15) is 14.3 Å². The summed E-state index contributed by atoms with van der Waals surface area (Å²) in [6, 6.07) is 8.75. The summed E-state index contributed by atoms with van der Waals surface area (Å²) in [5.74, 6) is -2.71. The Labute approximate surface area is 136 Å². The average molecular weight is 348 g/mol. The Bertz CT molecular complexity index is 668.